The zero-order valence-electron chi connectivity index (χ0n) is 15.6. The molecule has 0 aliphatic carbocycles. The summed E-state index contributed by atoms with van der Waals surface area (Å²) in [7, 11) is 0. The molecule has 0 spiro atoms. The van der Waals surface area contributed by atoms with Crippen molar-refractivity contribution in [2.24, 2.45) is 0 Å². The molecule has 138 valence electrons. The SMILES string of the molecule is Cc1cc(C)nc(OC(C(=O)O)C(C)(c2ccccc2)c2ccccc2)n1. The Hall–Kier alpha value is -3.21. The van der Waals surface area contributed by atoms with Crippen molar-refractivity contribution in [2.45, 2.75) is 32.3 Å². The zero-order chi connectivity index (χ0) is 19.4. The van der Waals surface area contributed by atoms with Gasteiger partial charge in [0.1, 0.15) is 0 Å². The molecular formula is C22H22N2O3. The summed E-state index contributed by atoms with van der Waals surface area (Å²) in [5, 5.41) is 10.1. The Balaban J connectivity index is 2.14. The molecule has 1 heterocycles. The van der Waals surface area contributed by atoms with Crippen molar-refractivity contribution >= 4 is 5.97 Å². The summed E-state index contributed by atoms with van der Waals surface area (Å²) >= 11 is 0. The van der Waals surface area contributed by atoms with Crippen LogP contribution in [0.2, 0.25) is 0 Å². The molecule has 27 heavy (non-hydrogen) atoms. The number of aromatic nitrogens is 2. The molecule has 0 aliphatic heterocycles. The molecule has 0 bridgehead atoms. The number of carbonyl (C=O) groups is 1. The minimum absolute atomic E-state index is 0.0676. The Kier molecular flexibility index (Phi) is 5.21. The summed E-state index contributed by atoms with van der Waals surface area (Å²) in [6, 6.07) is 20.9. The van der Waals surface area contributed by atoms with E-state index >= 15 is 0 Å². The number of benzene rings is 2. The average Bonchev–Trinajstić information content (AvgIpc) is 2.66. The fourth-order valence-corrected chi connectivity index (χ4v) is 3.31. The van der Waals surface area contributed by atoms with Crippen LogP contribution < -0.4 is 4.74 Å². The maximum atomic E-state index is 12.3. The lowest BCUT2D eigenvalue weighted by Crippen LogP contribution is -2.47. The molecule has 2 aromatic carbocycles. The molecule has 1 aromatic heterocycles. The lowest BCUT2D eigenvalue weighted by atomic mass is 9.72. The third-order valence-electron chi connectivity index (χ3n) is 4.68. The highest BCUT2D eigenvalue weighted by molar-refractivity contribution is 5.76. The summed E-state index contributed by atoms with van der Waals surface area (Å²) in [5.74, 6) is -1.08. The minimum atomic E-state index is -1.21. The average molecular weight is 362 g/mol. The van der Waals surface area contributed by atoms with Crippen molar-refractivity contribution in [3.8, 4) is 6.01 Å². The van der Waals surface area contributed by atoms with Crippen LogP contribution in [0.15, 0.2) is 66.7 Å². The number of nitrogens with zero attached hydrogens (tertiary/aromatic N) is 2. The molecule has 1 unspecified atom stereocenters. The summed E-state index contributed by atoms with van der Waals surface area (Å²) in [5.41, 5.74) is 2.20. The molecule has 0 fully saturated rings. The third kappa shape index (κ3) is 3.82. The van der Waals surface area contributed by atoms with Crippen LogP contribution in [0.5, 0.6) is 6.01 Å². The van der Waals surface area contributed by atoms with Gasteiger partial charge in [-0.3, -0.25) is 0 Å². The van der Waals surface area contributed by atoms with Gasteiger partial charge in [0, 0.05) is 11.4 Å². The van der Waals surface area contributed by atoms with Crippen LogP contribution in [0, 0.1) is 13.8 Å². The Labute approximate surface area is 158 Å². The van der Waals surface area contributed by atoms with Crippen molar-refractivity contribution in [3.63, 3.8) is 0 Å². The highest BCUT2D eigenvalue weighted by Crippen LogP contribution is 2.37. The fraction of sp³-hybridized carbons (Fsp3) is 0.227. The summed E-state index contributed by atoms with van der Waals surface area (Å²) < 4.78 is 5.89. The van der Waals surface area contributed by atoms with Crippen LogP contribution in [0.1, 0.15) is 29.4 Å². The number of carboxylic acid groups (broad SMARTS) is 1. The minimum Gasteiger partial charge on any atom is -0.478 e. The Morgan fingerprint density at radius 1 is 0.926 bits per heavy atom. The molecule has 0 saturated carbocycles. The van der Waals surface area contributed by atoms with E-state index in [4.69, 9.17) is 4.74 Å². The van der Waals surface area contributed by atoms with E-state index in [-0.39, 0.29) is 6.01 Å². The van der Waals surface area contributed by atoms with Gasteiger partial charge in [0.2, 0.25) is 6.10 Å². The fourth-order valence-electron chi connectivity index (χ4n) is 3.31. The second-order valence-corrected chi connectivity index (χ2v) is 6.70. The zero-order valence-corrected chi connectivity index (χ0v) is 15.6. The second-order valence-electron chi connectivity index (χ2n) is 6.70. The maximum absolute atomic E-state index is 12.3. The van der Waals surface area contributed by atoms with Crippen LogP contribution in [-0.4, -0.2) is 27.1 Å². The highest BCUT2D eigenvalue weighted by Gasteiger charge is 2.44. The van der Waals surface area contributed by atoms with Gasteiger partial charge in [-0.05, 0) is 38.0 Å². The first-order chi connectivity index (χ1) is 12.9. The van der Waals surface area contributed by atoms with Gasteiger partial charge in [-0.25, -0.2) is 14.8 Å². The number of hydrogen-bond acceptors (Lipinski definition) is 4. The molecule has 5 heteroatoms. The van der Waals surface area contributed by atoms with Crippen LogP contribution >= 0.6 is 0 Å². The van der Waals surface area contributed by atoms with E-state index in [0.29, 0.717) is 0 Å². The van der Waals surface area contributed by atoms with Gasteiger partial charge in [-0.15, -0.1) is 0 Å². The van der Waals surface area contributed by atoms with Crippen LogP contribution in [0.3, 0.4) is 0 Å². The molecule has 3 rings (SSSR count). The smallest absolute Gasteiger partial charge is 0.346 e. The maximum Gasteiger partial charge on any atom is 0.346 e. The molecule has 3 aromatic rings. The molecule has 1 N–H and O–H groups in total. The van der Waals surface area contributed by atoms with Crippen molar-refractivity contribution in [2.75, 3.05) is 0 Å². The second kappa shape index (κ2) is 7.58. The standard InChI is InChI=1S/C22H22N2O3/c1-15-14-16(2)24-21(23-15)27-19(20(25)26)22(3,17-10-6-4-7-11-17)18-12-8-5-9-13-18/h4-14,19H,1-3H3,(H,25,26). The first-order valence-corrected chi connectivity index (χ1v) is 8.74. The van der Waals surface area contributed by atoms with E-state index in [1.807, 2.05) is 87.5 Å². The van der Waals surface area contributed by atoms with Crippen molar-refractivity contribution in [1.29, 1.82) is 0 Å². The van der Waals surface area contributed by atoms with E-state index in [1.54, 1.807) is 0 Å². The molecule has 0 aliphatic rings. The first kappa shape index (κ1) is 18.6. The van der Waals surface area contributed by atoms with Gasteiger partial charge in [-0.1, -0.05) is 60.7 Å². The number of aryl methyl sites for hydroxylation is 2. The first-order valence-electron chi connectivity index (χ1n) is 8.74. The molecule has 0 radical (unpaired) electrons. The Morgan fingerprint density at radius 3 is 1.78 bits per heavy atom. The summed E-state index contributed by atoms with van der Waals surface area (Å²) in [6.45, 7) is 5.52. The molecule has 0 amide bonds. The van der Waals surface area contributed by atoms with Crippen molar-refractivity contribution in [3.05, 3.63) is 89.2 Å². The van der Waals surface area contributed by atoms with Gasteiger partial charge in [0.05, 0.1) is 5.41 Å². The van der Waals surface area contributed by atoms with E-state index in [2.05, 4.69) is 9.97 Å². The molecular weight excluding hydrogens is 340 g/mol. The summed E-state index contributed by atoms with van der Waals surface area (Å²) in [6.07, 6.45) is -1.21. The predicted octanol–water partition coefficient (Wildman–Crippen LogP) is 3.93. The van der Waals surface area contributed by atoms with Crippen molar-refractivity contribution in [1.82, 2.24) is 9.97 Å². The highest BCUT2D eigenvalue weighted by atomic mass is 16.5. The van der Waals surface area contributed by atoms with E-state index < -0.39 is 17.5 Å². The van der Waals surface area contributed by atoms with E-state index in [1.165, 1.54) is 0 Å². The van der Waals surface area contributed by atoms with Crippen molar-refractivity contribution < 1.29 is 14.6 Å². The summed E-state index contributed by atoms with van der Waals surface area (Å²) in [4.78, 5) is 20.8. The van der Waals surface area contributed by atoms with E-state index in [9.17, 15) is 9.90 Å². The monoisotopic (exact) mass is 362 g/mol. The van der Waals surface area contributed by atoms with Gasteiger partial charge >= 0.3 is 12.0 Å². The molecule has 0 saturated heterocycles. The Bertz CT molecular complexity index is 867. The number of rotatable bonds is 6. The lowest BCUT2D eigenvalue weighted by Gasteiger charge is -2.35. The molecule has 1 atom stereocenters. The number of hydrogen-bond donors (Lipinski definition) is 1. The molecule has 5 nitrogen and oxygen atoms in total. The largest absolute Gasteiger partial charge is 0.478 e. The predicted molar refractivity (Wildman–Crippen MR) is 103 cm³/mol. The van der Waals surface area contributed by atoms with Gasteiger partial charge in [-0.2, -0.15) is 0 Å². The van der Waals surface area contributed by atoms with Gasteiger partial charge < -0.3 is 9.84 Å². The van der Waals surface area contributed by atoms with Crippen LogP contribution in [-0.2, 0) is 10.2 Å². The Morgan fingerprint density at radius 2 is 1.37 bits per heavy atom. The number of ether oxygens (including phenoxy) is 1. The van der Waals surface area contributed by atoms with Gasteiger partial charge in [0.25, 0.3) is 0 Å². The lowest BCUT2D eigenvalue weighted by molar-refractivity contribution is -0.148. The normalized spacial score (nSPS) is 12.4. The van der Waals surface area contributed by atoms with Crippen LogP contribution in [0.4, 0.5) is 0 Å². The third-order valence-corrected chi connectivity index (χ3v) is 4.68. The number of aliphatic carboxylic acids is 1. The van der Waals surface area contributed by atoms with Crippen LogP contribution in [0.25, 0.3) is 0 Å². The number of carboxylic acids is 1. The quantitative estimate of drug-likeness (QED) is 0.719. The van der Waals surface area contributed by atoms with Gasteiger partial charge in [0.15, 0.2) is 0 Å². The van der Waals surface area contributed by atoms with E-state index in [0.717, 1.165) is 22.5 Å². The topological polar surface area (TPSA) is 72.3 Å².